The van der Waals surface area contributed by atoms with Gasteiger partial charge in [0.1, 0.15) is 0 Å². The predicted molar refractivity (Wildman–Crippen MR) is 29.4 cm³/mol. The maximum Gasteiger partial charge on any atom is 0.418 e. The molecule has 0 saturated carbocycles. The summed E-state index contributed by atoms with van der Waals surface area (Å²) in [6, 6.07) is -1.13. The van der Waals surface area contributed by atoms with Gasteiger partial charge in [0.05, 0.1) is 0 Å². The van der Waals surface area contributed by atoms with Gasteiger partial charge >= 0.3 is 12.1 Å². The smallest absolute Gasteiger partial charge is 0.418 e. The molecule has 1 rings (SSSR count). The van der Waals surface area contributed by atoms with Crippen LogP contribution in [0.25, 0.3) is 0 Å². The summed E-state index contributed by atoms with van der Waals surface area (Å²) in [4.78, 5) is 31.0. The van der Waals surface area contributed by atoms with E-state index in [9.17, 15) is 14.4 Å². The van der Waals surface area contributed by atoms with Crippen molar-refractivity contribution in [1.29, 1.82) is 0 Å². The van der Waals surface area contributed by atoms with Gasteiger partial charge in [-0.3, -0.25) is 10.1 Å². The minimum atomic E-state index is -1.92. The van der Waals surface area contributed by atoms with Crippen molar-refractivity contribution in [2.45, 2.75) is 6.23 Å². The maximum atomic E-state index is 10.5. The number of hydrogen-bond acceptors (Lipinski definition) is 4. The van der Waals surface area contributed by atoms with E-state index in [0.29, 0.717) is 0 Å². The lowest BCUT2D eigenvalue weighted by molar-refractivity contribution is -0.129. The average Bonchev–Trinajstić information content (AvgIpc) is 2.07. The Kier molecular flexibility index (Phi) is 1.50. The first-order valence-corrected chi connectivity index (χ1v) is 2.59. The Morgan fingerprint density at radius 3 is 2.27 bits per heavy atom. The number of imide groups is 2. The van der Waals surface area contributed by atoms with Gasteiger partial charge in [-0.2, -0.15) is 4.90 Å². The molecule has 1 saturated heterocycles. The van der Waals surface area contributed by atoms with Crippen molar-refractivity contribution in [3.63, 3.8) is 0 Å². The van der Waals surface area contributed by atoms with Crippen LogP contribution in [0.5, 0.6) is 0 Å². The van der Waals surface area contributed by atoms with E-state index in [4.69, 9.17) is 10.2 Å². The Labute approximate surface area is 60.2 Å². The number of nitrogens with one attached hydrogen (secondary N) is 1. The summed E-state index contributed by atoms with van der Waals surface area (Å²) in [5.41, 5.74) is 0. The van der Waals surface area contributed by atoms with E-state index in [0.717, 1.165) is 0 Å². The van der Waals surface area contributed by atoms with Crippen LogP contribution in [-0.2, 0) is 4.79 Å². The topological polar surface area (TPSA) is 107 Å². The number of rotatable bonds is 0. The number of aliphatic hydroxyl groups is 1. The van der Waals surface area contributed by atoms with E-state index in [-0.39, 0.29) is 4.90 Å². The highest BCUT2D eigenvalue weighted by atomic mass is 16.4. The number of nitrogens with zero attached hydrogens (tertiary/aromatic N) is 1. The van der Waals surface area contributed by atoms with Crippen molar-refractivity contribution >= 4 is 18.0 Å². The Balaban J connectivity index is 2.88. The number of carbonyl (C=O) groups is 3. The van der Waals surface area contributed by atoms with Crippen LogP contribution in [0.3, 0.4) is 0 Å². The van der Waals surface area contributed by atoms with Crippen molar-refractivity contribution in [1.82, 2.24) is 10.2 Å². The lowest BCUT2D eigenvalue weighted by atomic mass is 10.5. The van der Waals surface area contributed by atoms with E-state index in [2.05, 4.69) is 0 Å². The lowest BCUT2D eigenvalue weighted by Crippen LogP contribution is -2.38. The molecule has 1 heterocycles. The van der Waals surface area contributed by atoms with E-state index in [1.807, 2.05) is 0 Å². The molecule has 11 heavy (non-hydrogen) atoms. The number of carbonyl (C=O) groups excluding carboxylic acids is 2. The second-order valence-electron chi connectivity index (χ2n) is 1.82. The predicted octanol–water partition coefficient (Wildman–Crippen LogP) is -1.47. The van der Waals surface area contributed by atoms with Crippen LogP contribution >= 0.6 is 0 Å². The summed E-state index contributed by atoms with van der Waals surface area (Å²) in [7, 11) is 0. The first kappa shape index (κ1) is 7.48. The van der Waals surface area contributed by atoms with Crippen molar-refractivity contribution in [2.75, 3.05) is 0 Å². The molecule has 1 aliphatic rings. The Hall–Kier alpha value is -1.63. The summed E-state index contributed by atoms with van der Waals surface area (Å²) in [6.45, 7) is 0. The number of aliphatic hydroxyl groups excluding tert-OH is 1. The zero-order valence-electron chi connectivity index (χ0n) is 5.14. The molecule has 0 aromatic heterocycles. The SMILES string of the molecule is O=C1NC(=O)N(C(=O)O)C1O. The van der Waals surface area contributed by atoms with Gasteiger partial charge in [0.2, 0.25) is 6.23 Å². The first-order valence-electron chi connectivity index (χ1n) is 2.59. The second-order valence-corrected chi connectivity index (χ2v) is 1.82. The van der Waals surface area contributed by atoms with Crippen LogP contribution in [0.15, 0.2) is 0 Å². The van der Waals surface area contributed by atoms with Crippen LogP contribution < -0.4 is 5.32 Å². The average molecular weight is 160 g/mol. The third-order valence-corrected chi connectivity index (χ3v) is 1.13. The van der Waals surface area contributed by atoms with Gasteiger partial charge in [-0.15, -0.1) is 0 Å². The minimum absolute atomic E-state index is 0.00231. The van der Waals surface area contributed by atoms with Crippen LogP contribution in [0.1, 0.15) is 0 Å². The fourth-order valence-electron chi connectivity index (χ4n) is 0.650. The van der Waals surface area contributed by atoms with Crippen LogP contribution in [0.4, 0.5) is 9.59 Å². The standard InChI is InChI=1S/C4H4N2O5/c7-1-2(8)6(4(10)11)3(9)5-1/h2,8H,(H,10,11)(H,5,7,9). The van der Waals surface area contributed by atoms with Crippen LogP contribution in [0, 0.1) is 0 Å². The third-order valence-electron chi connectivity index (χ3n) is 1.13. The molecule has 0 aromatic rings. The van der Waals surface area contributed by atoms with Gasteiger partial charge in [0, 0.05) is 0 Å². The second kappa shape index (κ2) is 2.20. The number of hydrogen-bond donors (Lipinski definition) is 3. The minimum Gasteiger partial charge on any atom is -0.464 e. The van der Waals surface area contributed by atoms with Crippen molar-refractivity contribution < 1.29 is 24.6 Å². The van der Waals surface area contributed by atoms with Gasteiger partial charge in [-0.1, -0.05) is 0 Å². The number of urea groups is 1. The number of carboxylic acid groups (broad SMARTS) is 1. The fraction of sp³-hybridized carbons (Fsp3) is 0.250. The maximum absolute atomic E-state index is 10.5. The summed E-state index contributed by atoms with van der Waals surface area (Å²) < 4.78 is 0. The zero-order chi connectivity index (χ0) is 8.59. The normalized spacial score (nSPS) is 23.7. The van der Waals surface area contributed by atoms with Crippen molar-refractivity contribution in [3.8, 4) is 0 Å². The third kappa shape index (κ3) is 1.01. The van der Waals surface area contributed by atoms with Gasteiger partial charge < -0.3 is 10.2 Å². The highest BCUT2D eigenvalue weighted by Crippen LogP contribution is 2.04. The molecule has 60 valence electrons. The van der Waals surface area contributed by atoms with Crippen LogP contribution in [-0.4, -0.2) is 39.4 Å². The molecule has 7 heteroatoms. The Bertz CT molecular complexity index is 237. The molecule has 1 atom stereocenters. The first-order chi connectivity index (χ1) is 5.04. The molecule has 1 aliphatic heterocycles. The molecular weight excluding hydrogens is 156 g/mol. The van der Waals surface area contributed by atoms with Gasteiger partial charge in [0.25, 0.3) is 5.91 Å². The summed E-state index contributed by atoms with van der Waals surface area (Å²) in [6.07, 6.45) is -3.58. The molecule has 0 bridgehead atoms. The van der Waals surface area contributed by atoms with Gasteiger partial charge in [0.15, 0.2) is 0 Å². The van der Waals surface area contributed by atoms with Gasteiger partial charge in [-0.05, 0) is 0 Å². The molecule has 0 radical (unpaired) electrons. The van der Waals surface area contributed by atoms with Gasteiger partial charge in [-0.25, -0.2) is 9.59 Å². The molecule has 3 N–H and O–H groups in total. The summed E-state index contributed by atoms with van der Waals surface area (Å²) >= 11 is 0. The van der Waals surface area contributed by atoms with E-state index < -0.39 is 24.3 Å². The Morgan fingerprint density at radius 2 is 2.09 bits per heavy atom. The number of amides is 4. The lowest BCUT2D eigenvalue weighted by Gasteiger charge is -2.08. The van der Waals surface area contributed by atoms with E-state index in [1.54, 1.807) is 5.32 Å². The molecule has 0 aliphatic carbocycles. The van der Waals surface area contributed by atoms with Crippen LogP contribution in [0.2, 0.25) is 0 Å². The summed E-state index contributed by atoms with van der Waals surface area (Å²) in [5, 5.41) is 18.6. The highest BCUT2D eigenvalue weighted by molar-refractivity contribution is 6.09. The Morgan fingerprint density at radius 1 is 1.55 bits per heavy atom. The molecule has 4 amide bonds. The van der Waals surface area contributed by atoms with E-state index >= 15 is 0 Å². The fourth-order valence-corrected chi connectivity index (χ4v) is 0.650. The summed E-state index contributed by atoms with van der Waals surface area (Å²) in [5.74, 6) is -1.03. The van der Waals surface area contributed by atoms with Crippen molar-refractivity contribution in [2.24, 2.45) is 0 Å². The molecule has 1 unspecified atom stereocenters. The molecule has 0 aromatic carbocycles. The molecule has 0 spiro atoms. The quantitative estimate of drug-likeness (QED) is 0.375. The largest absolute Gasteiger partial charge is 0.464 e. The molecule has 1 fully saturated rings. The monoisotopic (exact) mass is 160 g/mol. The highest BCUT2D eigenvalue weighted by Gasteiger charge is 2.41. The molecular formula is C4H4N2O5. The van der Waals surface area contributed by atoms with E-state index in [1.165, 1.54) is 0 Å². The zero-order valence-corrected chi connectivity index (χ0v) is 5.14. The molecule has 7 nitrogen and oxygen atoms in total. The van der Waals surface area contributed by atoms with Crippen molar-refractivity contribution in [3.05, 3.63) is 0 Å².